The molecule has 0 bridgehead atoms. The van der Waals surface area contributed by atoms with Crippen molar-refractivity contribution in [2.75, 3.05) is 4.90 Å². The zero-order valence-corrected chi connectivity index (χ0v) is 12.7. The highest BCUT2D eigenvalue weighted by molar-refractivity contribution is 5.72. The van der Waals surface area contributed by atoms with Gasteiger partial charge in [-0.15, -0.1) is 0 Å². The summed E-state index contributed by atoms with van der Waals surface area (Å²) < 4.78 is 38.5. The molecule has 24 heavy (non-hydrogen) atoms. The number of hydrogen-bond acceptors (Lipinski definition) is 3. The van der Waals surface area contributed by atoms with Gasteiger partial charge in [0.05, 0.1) is 16.1 Å². The van der Waals surface area contributed by atoms with Crippen LogP contribution in [0.2, 0.25) is 0 Å². The molecule has 0 amide bonds. The second kappa shape index (κ2) is 5.67. The summed E-state index contributed by atoms with van der Waals surface area (Å²) in [5, 5.41) is 11.2. The van der Waals surface area contributed by atoms with Crippen LogP contribution in [0.15, 0.2) is 42.6 Å². The Morgan fingerprint density at radius 1 is 1.21 bits per heavy atom. The standard InChI is InChI=1S/C17H13F3N2O2/c1-11-5-6-12-10-21(8-7-15(12)16(11)22(23)24)14-4-2-3-13(9-14)17(18,19)20/h2-9H,10H2,1H3. The molecule has 0 spiro atoms. The Morgan fingerprint density at radius 3 is 2.62 bits per heavy atom. The van der Waals surface area contributed by atoms with Crippen molar-refractivity contribution in [3.05, 3.63) is 75.0 Å². The molecule has 0 saturated heterocycles. The Balaban J connectivity index is 1.99. The highest BCUT2D eigenvalue weighted by atomic mass is 19.4. The van der Waals surface area contributed by atoms with Crippen molar-refractivity contribution in [2.24, 2.45) is 0 Å². The Kier molecular flexibility index (Phi) is 3.79. The molecule has 2 aromatic carbocycles. The van der Waals surface area contributed by atoms with Gasteiger partial charge < -0.3 is 4.90 Å². The molecule has 124 valence electrons. The van der Waals surface area contributed by atoms with Crippen LogP contribution in [-0.4, -0.2) is 4.92 Å². The van der Waals surface area contributed by atoms with Crippen molar-refractivity contribution in [3.8, 4) is 0 Å². The molecule has 0 unspecified atom stereocenters. The molecule has 0 saturated carbocycles. The monoisotopic (exact) mass is 334 g/mol. The largest absolute Gasteiger partial charge is 0.416 e. The predicted molar refractivity (Wildman–Crippen MR) is 84.5 cm³/mol. The average molecular weight is 334 g/mol. The van der Waals surface area contributed by atoms with Gasteiger partial charge in [-0.05, 0) is 36.8 Å². The third-order valence-electron chi connectivity index (χ3n) is 3.96. The highest BCUT2D eigenvalue weighted by Gasteiger charge is 2.31. The lowest BCUT2D eigenvalue weighted by molar-refractivity contribution is -0.385. The zero-order chi connectivity index (χ0) is 17.5. The molecule has 0 fully saturated rings. The van der Waals surface area contributed by atoms with Crippen LogP contribution in [0.5, 0.6) is 0 Å². The van der Waals surface area contributed by atoms with E-state index in [0.29, 0.717) is 22.4 Å². The number of nitrogens with zero attached hydrogens (tertiary/aromatic N) is 2. The molecule has 0 aliphatic carbocycles. The fourth-order valence-corrected chi connectivity index (χ4v) is 2.76. The third kappa shape index (κ3) is 2.84. The van der Waals surface area contributed by atoms with Gasteiger partial charge in [-0.25, -0.2) is 0 Å². The SMILES string of the molecule is Cc1ccc2c(c1[N+](=O)[O-])C=CN(c1cccc(C(F)(F)F)c1)C2. The number of halogens is 3. The molecule has 1 aliphatic heterocycles. The molecule has 0 aromatic heterocycles. The van der Waals surface area contributed by atoms with E-state index in [9.17, 15) is 23.3 Å². The lowest BCUT2D eigenvalue weighted by atomic mass is 9.98. The first-order valence-corrected chi connectivity index (χ1v) is 7.16. The first kappa shape index (κ1) is 16.0. The number of rotatable bonds is 2. The lowest BCUT2D eigenvalue weighted by Crippen LogP contribution is -2.20. The molecule has 0 radical (unpaired) electrons. The first-order valence-electron chi connectivity index (χ1n) is 7.16. The molecular formula is C17H13F3N2O2. The van der Waals surface area contributed by atoms with E-state index in [1.807, 2.05) is 0 Å². The van der Waals surface area contributed by atoms with Gasteiger partial charge in [0.2, 0.25) is 0 Å². The van der Waals surface area contributed by atoms with Gasteiger partial charge in [0.15, 0.2) is 0 Å². The van der Waals surface area contributed by atoms with Crippen molar-refractivity contribution in [3.63, 3.8) is 0 Å². The maximum atomic E-state index is 12.8. The number of nitro benzene ring substituents is 1. The van der Waals surface area contributed by atoms with Crippen LogP contribution < -0.4 is 4.90 Å². The van der Waals surface area contributed by atoms with E-state index in [-0.39, 0.29) is 12.2 Å². The number of benzene rings is 2. The van der Waals surface area contributed by atoms with E-state index in [4.69, 9.17) is 0 Å². The van der Waals surface area contributed by atoms with Gasteiger partial charge in [0.25, 0.3) is 5.69 Å². The second-order valence-corrected chi connectivity index (χ2v) is 5.55. The topological polar surface area (TPSA) is 46.4 Å². The number of aryl methyl sites for hydroxylation is 1. The first-order chi connectivity index (χ1) is 11.3. The minimum atomic E-state index is -4.41. The maximum absolute atomic E-state index is 12.8. The van der Waals surface area contributed by atoms with Crippen LogP contribution in [0.3, 0.4) is 0 Å². The van der Waals surface area contributed by atoms with Crippen LogP contribution in [-0.2, 0) is 12.7 Å². The van der Waals surface area contributed by atoms with Crippen molar-refractivity contribution in [2.45, 2.75) is 19.6 Å². The number of hydrogen-bond donors (Lipinski definition) is 0. The Morgan fingerprint density at radius 2 is 1.96 bits per heavy atom. The molecule has 7 heteroatoms. The van der Waals surface area contributed by atoms with E-state index >= 15 is 0 Å². The third-order valence-corrected chi connectivity index (χ3v) is 3.96. The van der Waals surface area contributed by atoms with Crippen LogP contribution in [0.4, 0.5) is 24.5 Å². The molecule has 4 nitrogen and oxygen atoms in total. The quantitative estimate of drug-likeness (QED) is 0.579. The summed E-state index contributed by atoms with van der Waals surface area (Å²) in [6.45, 7) is 1.93. The number of alkyl halides is 3. The summed E-state index contributed by atoms with van der Waals surface area (Å²) in [6, 6.07) is 8.42. The van der Waals surface area contributed by atoms with Crippen LogP contribution in [0, 0.1) is 17.0 Å². The number of fused-ring (bicyclic) bond motifs is 1. The molecule has 2 aromatic rings. The van der Waals surface area contributed by atoms with Crippen molar-refractivity contribution in [1.29, 1.82) is 0 Å². The summed E-state index contributed by atoms with van der Waals surface area (Å²) in [4.78, 5) is 12.4. The molecule has 0 N–H and O–H groups in total. The van der Waals surface area contributed by atoms with Crippen LogP contribution in [0.1, 0.15) is 22.3 Å². The normalized spacial score (nSPS) is 13.8. The van der Waals surface area contributed by atoms with E-state index in [2.05, 4.69) is 0 Å². The van der Waals surface area contributed by atoms with Crippen LogP contribution in [0.25, 0.3) is 6.08 Å². The Labute approximate surface area is 136 Å². The van der Waals surface area contributed by atoms with Gasteiger partial charge in [0, 0.05) is 24.0 Å². The van der Waals surface area contributed by atoms with E-state index in [1.54, 1.807) is 42.3 Å². The van der Waals surface area contributed by atoms with Gasteiger partial charge in [0.1, 0.15) is 0 Å². The fourth-order valence-electron chi connectivity index (χ4n) is 2.76. The summed E-state index contributed by atoms with van der Waals surface area (Å²) in [5.74, 6) is 0. The van der Waals surface area contributed by atoms with Crippen molar-refractivity contribution < 1.29 is 18.1 Å². The lowest BCUT2D eigenvalue weighted by Gasteiger charge is -2.26. The van der Waals surface area contributed by atoms with E-state index in [1.165, 1.54) is 6.07 Å². The second-order valence-electron chi connectivity index (χ2n) is 5.55. The molecule has 0 atom stereocenters. The van der Waals surface area contributed by atoms with Gasteiger partial charge in [-0.2, -0.15) is 13.2 Å². The predicted octanol–water partition coefficient (Wildman–Crippen LogP) is 4.91. The number of anilines is 1. The minimum Gasteiger partial charge on any atom is -0.343 e. The average Bonchev–Trinajstić information content (AvgIpc) is 2.53. The van der Waals surface area contributed by atoms with E-state index in [0.717, 1.165) is 12.1 Å². The summed E-state index contributed by atoms with van der Waals surface area (Å²) >= 11 is 0. The number of nitro groups is 1. The highest BCUT2D eigenvalue weighted by Crippen LogP contribution is 2.35. The molecule has 1 aliphatic rings. The van der Waals surface area contributed by atoms with Crippen molar-refractivity contribution >= 4 is 17.5 Å². The Hall–Kier alpha value is -2.83. The maximum Gasteiger partial charge on any atom is 0.416 e. The summed E-state index contributed by atoms with van der Waals surface area (Å²) in [5.41, 5.74) is 1.45. The molecule has 1 heterocycles. The van der Waals surface area contributed by atoms with Gasteiger partial charge in [-0.1, -0.05) is 18.2 Å². The molecule has 3 rings (SSSR count). The zero-order valence-electron chi connectivity index (χ0n) is 12.7. The van der Waals surface area contributed by atoms with Gasteiger partial charge in [-0.3, -0.25) is 10.1 Å². The summed E-state index contributed by atoms with van der Waals surface area (Å²) in [7, 11) is 0. The minimum absolute atomic E-state index is 0.0347. The summed E-state index contributed by atoms with van der Waals surface area (Å²) in [6.07, 6.45) is -1.27. The fraction of sp³-hybridized carbons (Fsp3) is 0.176. The van der Waals surface area contributed by atoms with Crippen LogP contribution >= 0.6 is 0 Å². The molecular weight excluding hydrogens is 321 g/mol. The van der Waals surface area contributed by atoms with E-state index < -0.39 is 16.7 Å². The Bertz CT molecular complexity index is 844. The van der Waals surface area contributed by atoms with Gasteiger partial charge >= 0.3 is 6.18 Å². The van der Waals surface area contributed by atoms with Crippen molar-refractivity contribution in [1.82, 2.24) is 0 Å². The smallest absolute Gasteiger partial charge is 0.343 e.